The van der Waals surface area contributed by atoms with Crippen LogP contribution in [0.3, 0.4) is 0 Å². The van der Waals surface area contributed by atoms with E-state index in [-0.39, 0.29) is 11.3 Å². The van der Waals surface area contributed by atoms with E-state index in [9.17, 15) is 4.79 Å². The van der Waals surface area contributed by atoms with Crippen molar-refractivity contribution < 1.29 is 4.79 Å². The second-order valence-corrected chi connectivity index (χ2v) is 5.71. The fraction of sp³-hybridized carbons (Fsp3) is 0.917. The first-order chi connectivity index (χ1) is 7.43. The number of likely N-dealkylation sites (tertiary alicyclic amines) is 1. The summed E-state index contributed by atoms with van der Waals surface area (Å²) in [5, 5.41) is 3.10. The van der Waals surface area contributed by atoms with E-state index in [1.807, 2.05) is 13.8 Å². The smallest absolute Gasteiger partial charge is 0.220 e. The predicted molar refractivity (Wildman–Crippen MR) is 66.1 cm³/mol. The lowest BCUT2D eigenvalue weighted by atomic mass is 9.89. The molecule has 0 bridgehead atoms. The fourth-order valence-corrected chi connectivity index (χ4v) is 2.07. The molecule has 0 saturated carbocycles. The molecule has 1 saturated heterocycles. The van der Waals surface area contributed by atoms with Gasteiger partial charge in [0.15, 0.2) is 0 Å². The Hall–Kier alpha value is -0.610. The summed E-state index contributed by atoms with van der Waals surface area (Å²) in [5.74, 6) is 0.135. The van der Waals surface area contributed by atoms with Crippen LogP contribution in [0.2, 0.25) is 0 Å². The van der Waals surface area contributed by atoms with Crippen LogP contribution < -0.4 is 11.1 Å². The molecule has 3 N–H and O–H groups in total. The molecule has 94 valence electrons. The van der Waals surface area contributed by atoms with Gasteiger partial charge in [-0.1, -0.05) is 13.8 Å². The van der Waals surface area contributed by atoms with Crippen molar-refractivity contribution in [3.63, 3.8) is 0 Å². The van der Waals surface area contributed by atoms with Gasteiger partial charge in [0.2, 0.25) is 5.91 Å². The van der Waals surface area contributed by atoms with E-state index >= 15 is 0 Å². The molecule has 1 rings (SSSR count). The quantitative estimate of drug-likeness (QED) is 0.738. The summed E-state index contributed by atoms with van der Waals surface area (Å²) in [6.45, 7) is 6.71. The third-order valence-corrected chi connectivity index (χ3v) is 3.18. The number of piperidine rings is 1. The van der Waals surface area contributed by atoms with E-state index < -0.39 is 0 Å². The van der Waals surface area contributed by atoms with Crippen LogP contribution in [0.4, 0.5) is 0 Å². The molecule has 1 unspecified atom stereocenters. The molecule has 1 aliphatic rings. The number of nitrogens with one attached hydrogen (secondary N) is 1. The molecule has 1 aliphatic heterocycles. The Kier molecular flexibility index (Phi) is 4.74. The molecule has 1 heterocycles. The first kappa shape index (κ1) is 13.5. The average molecular weight is 227 g/mol. The van der Waals surface area contributed by atoms with Crippen molar-refractivity contribution in [2.45, 2.75) is 39.2 Å². The van der Waals surface area contributed by atoms with Gasteiger partial charge in [0.1, 0.15) is 0 Å². The van der Waals surface area contributed by atoms with Gasteiger partial charge >= 0.3 is 0 Å². The van der Waals surface area contributed by atoms with E-state index in [2.05, 4.69) is 17.3 Å². The molecule has 1 fully saturated rings. The van der Waals surface area contributed by atoms with E-state index in [0.717, 1.165) is 19.5 Å². The zero-order valence-electron chi connectivity index (χ0n) is 10.8. The van der Waals surface area contributed by atoms with E-state index in [4.69, 9.17) is 5.73 Å². The van der Waals surface area contributed by atoms with Crippen LogP contribution >= 0.6 is 0 Å². The Bertz CT molecular complexity index is 240. The molecule has 1 atom stereocenters. The molecular weight excluding hydrogens is 202 g/mol. The van der Waals surface area contributed by atoms with Gasteiger partial charge in [0.25, 0.3) is 0 Å². The van der Waals surface area contributed by atoms with Crippen LogP contribution in [0.5, 0.6) is 0 Å². The van der Waals surface area contributed by atoms with Crippen LogP contribution in [0, 0.1) is 5.41 Å². The normalized spacial score (nSPS) is 23.1. The molecule has 16 heavy (non-hydrogen) atoms. The summed E-state index contributed by atoms with van der Waals surface area (Å²) in [7, 11) is 2.10. The lowest BCUT2D eigenvalue weighted by Gasteiger charge is -2.31. The minimum absolute atomic E-state index is 0.0926. The van der Waals surface area contributed by atoms with Gasteiger partial charge in [-0.2, -0.15) is 0 Å². The molecular formula is C12H25N3O. The van der Waals surface area contributed by atoms with Gasteiger partial charge < -0.3 is 16.0 Å². The first-order valence-electron chi connectivity index (χ1n) is 6.11. The lowest BCUT2D eigenvalue weighted by molar-refractivity contribution is -0.123. The Morgan fingerprint density at radius 3 is 2.81 bits per heavy atom. The second-order valence-electron chi connectivity index (χ2n) is 5.71. The topological polar surface area (TPSA) is 58.4 Å². The maximum Gasteiger partial charge on any atom is 0.220 e. The molecule has 0 aliphatic carbocycles. The van der Waals surface area contributed by atoms with Crippen molar-refractivity contribution in [1.29, 1.82) is 0 Å². The van der Waals surface area contributed by atoms with Gasteiger partial charge in [0.05, 0.1) is 0 Å². The van der Waals surface area contributed by atoms with Gasteiger partial charge in [0, 0.05) is 19.0 Å². The average Bonchev–Trinajstić information content (AvgIpc) is 2.16. The Morgan fingerprint density at radius 1 is 1.56 bits per heavy atom. The fourth-order valence-electron chi connectivity index (χ4n) is 2.07. The van der Waals surface area contributed by atoms with Gasteiger partial charge in [-0.05, 0) is 38.4 Å². The molecule has 0 aromatic rings. The SMILES string of the molecule is CN1CCCC(NC(=O)CC(C)(C)CN)C1. The Morgan fingerprint density at radius 2 is 2.25 bits per heavy atom. The van der Waals surface area contributed by atoms with Crippen LogP contribution in [0.25, 0.3) is 0 Å². The van der Waals surface area contributed by atoms with E-state index in [0.29, 0.717) is 19.0 Å². The monoisotopic (exact) mass is 227 g/mol. The molecule has 0 spiro atoms. The zero-order chi connectivity index (χ0) is 12.2. The summed E-state index contributed by atoms with van der Waals surface area (Å²) in [6.07, 6.45) is 2.78. The highest BCUT2D eigenvalue weighted by Gasteiger charge is 2.23. The van der Waals surface area contributed by atoms with Crippen molar-refractivity contribution in [3.8, 4) is 0 Å². The molecule has 1 amide bonds. The Balaban J connectivity index is 2.33. The van der Waals surface area contributed by atoms with Gasteiger partial charge in [-0.25, -0.2) is 0 Å². The molecule has 0 radical (unpaired) electrons. The van der Waals surface area contributed by atoms with Crippen molar-refractivity contribution in [2.24, 2.45) is 11.1 Å². The van der Waals surface area contributed by atoms with Crippen molar-refractivity contribution >= 4 is 5.91 Å². The maximum atomic E-state index is 11.8. The van der Waals surface area contributed by atoms with Crippen molar-refractivity contribution in [1.82, 2.24) is 10.2 Å². The number of rotatable bonds is 4. The largest absolute Gasteiger partial charge is 0.352 e. The van der Waals surface area contributed by atoms with E-state index in [1.54, 1.807) is 0 Å². The highest BCUT2D eigenvalue weighted by atomic mass is 16.1. The summed E-state index contributed by atoms with van der Waals surface area (Å²) >= 11 is 0. The number of likely N-dealkylation sites (N-methyl/N-ethyl adjacent to an activating group) is 1. The molecule has 4 heteroatoms. The predicted octanol–water partition coefficient (Wildman–Crippen LogP) is 0.572. The molecule has 0 aromatic heterocycles. The van der Waals surface area contributed by atoms with Gasteiger partial charge in [-0.15, -0.1) is 0 Å². The number of hydrogen-bond acceptors (Lipinski definition) is 3. The number of hydrogen-bond donors (Lipinski definition) is 2. The third-order valence-electron chi connectivity index (χ3n) is 3.18. The summed E-state index contributed by atoms with van der Waals surface area (Å²) in [5.41, 5.74) is 5.53. The highest BCUT2D eigenvalue weighted by Crippen LogP contribution is 2.18. The van der Waals surface area contributed by atoms with Crippen LogP contribution in [0.1, 0.15) is 33.1 Å². The standard InChI is InChI=1S/C12H25N3O/c1-12(2,9-13)7-11(16)14-10-5-4-6-15(3)8-10/h10H,4-9,13H2,1-3H3,(H,14,16). The number of nitrogens with two attached hydrogens (primary N) is 1. The first-order valence-corrected chi connectivity index (χ1v) is 6.11. The molecule has 0 aromatic carbocycles. The summed E-state index contributed by atoms with van der Waals surface area (Å²) in [4.78, 5) is 14.1. The summed E-state index contributed by atoms with van der Waals surface area (Å²) < 4.78 is 0. The highest BCUT2D eigenvalue weighted by molar-refractivity contribution is 5.77. The number of nitrogens with zero attached hydrogens (tertiary/aromatic N) is 1. The summed E-state index contributed by atoms with van der Waals surface area (Å²) in [6, 6.07) is 0.319. The third kappa shape index (κ3) is 4.49. The van der Waals surface area contributed by atoms with Crippen molar-refractivity contribution in [3.05, 3.63) is 0 Å². The van der Waals surface area contributed by atoms with Crippen molar-refractivity contribution in [2.75, 3.05) is 26.7 Å². The number of amides is 1. The second kappa shape index (κ2) is 5.64. The molecule has 4 nitrogen and oxygen atoms in total. The minimum atomic E-state index is -0.0926. The van der Waals surface area contributed by atoms with Gasteiger partial charge in [-0.3, -0.25) is 4.79 Å². The number of carbonyl (C=O) groups is 1. The minimum Gasteiger partial charge on any atom is -0.352 e. The number of carbonyl (C=O) groups excluding carboxylic acids is 1. The van der Waals surface area contributed by atoms with Crippen LogP contribution in [0.15, 0.2) is 0 Å². The van der Waals surface area contributed by atoms with Crippen LogP contribution in [-0.4, -0.2) is 43.5 Å². The lowest BCUT2D eigenvalue weighted by Crippen LogP contribution is -2.47. The van der Waals surface area contributed by atoms with E-state index in [1.165, 1.54) is 6.42 Å². The zero-order valence-corrected chi connectivity index (χ0v) is 10.8. The van der Waals surface area contributed by atoms with Crippen LogP contribution in [-0.2, 0) is 4.79 Å². The Labute approximate surface area is 98.6 Å². The maximum absolute atomic E-state index is 11.8.